The number of halogens is 1. The first-order valence-electron chi connectivity index (χ1n) is 7.34. The molecule has 1 saturated carbocycles. The maximum Gasteiger partial charge on any atom is 0.236 e. The van der Waals surface area contributed by atoms with E-state index in [1.54, 1.807) is 0 Å². The Hall–Kier alpha value is -0.320. The first-order chi connectivity index (χ1) is 8.77. The monoisotopic (exact) mass is 288 g/mol. The highest BCUT2D eigenvalue weighted by Gasteiger charge is 2.40. The van der Waals surface area contributed by atoms with Gasteiger partial charge in [-0.25, -0.2) is 0 Å². The second kappa shape index (κ2) is 6.42. The van der Waals surface area contributed by atoms with E-state index in [0.717, 1.165) is 51.6 Å². The summed E-state index contributed by atoms with van der Waals surface area (Å²) >= 11 is 0. The number of carbonyl (C=O) groups is 1. The molecule has 0 aromatic heterocycles. The number of carbonyl (C=O) groups excluding carboxylic acids is 1. The molecule has 2 saturated heterocycles. The Balaban J connectivity index is 0.00000133. The van der Waals surface area contributed by atoms with Crippen LogP contribution < -0.4 is 5.32 Å². The maximum atomic E-state index is 12.1. The van der Waals surface area contributed by atoms with Gasteiger partial charge in [0.15, 0.2) is 0 Å². The number of likely N-dealkylation sites (tertiary alicyclic amines) is 1. The van der Waals surface area contributed by atoms with Crippen molar-refractivity contribution in [2.45, 2.75) is 32.1 Å². The van der Waals surface area contributed by atoms with Crippen molar-refractivity contribution in [2.24, 2.45) is 11.3 Å². The molecule has 1 spiro atoms. The molecule has 0 aromatic rings. The molecule has 3 aliphatic rings. The van der Waals surface area contributed by atoms with Gasteiger partial charge in [-0.2, -0.15) is 0 Å². The van der Waals surface area contributed by atoms with Gasteiger partial charge in [0.1, 0.15) is 0 Å². The molecule has 1 amide bonds. The third kappa shape index (κ3) is 3.83. The van der Waals surface area contributed by atoms with Gasteiger partial charge >= 0.3 is 0 Å². The summed E-state index contributed by atoms with van der Waals surface area (Å²) in [5, 5.41) is 3.30. The Kier molecular flexibility index (Phi) is 5.09. The van der Waals surface area contributed by atoms with Crippen molar-refractivity contribution in [1.29, 1.82) is 0 Å². The van der Waals surface area contributed by atoms with E-state index in [4.69, 9.17) is 4.74 Å². The van der Waals surface area contributed by atoms with Gasteiger partial charge in [0, 0.05) is 26.3 Å². The van der Waals surface area contributed by atoms with Gasteiger partial charge in [-0.1, -0.05) is 0 Å². The Labute approximate surface area is 121 Å². The molecule has 2 aliphatic heterocycles. The molecule has 0 radical (unpaired) electrons. The summed E-state index contributed by atoms with van der Waals surface area (Å²) in [4.78, 5) is 14.2. The van der Waals surface area contributed by atoms with E-state index in [2.05, 4.69) is 10.2 Å². The Morgan fingerprint density at radius 1 is 1.26 bits per heavy atom. The maximum absolute atomic E-state index is 12.1. The number of hydrogen-bond acceptors (Lipinski definition) is 3. The second-order valence-electron chi connectivity index (χ2n) is 6.25. The average molecular weight is 289 g/mol. The lowest BCUT2D eigenvalue weighted by Crippen LogP contribution is -2.40. The molecule has 0 bridgehead atoms. The zero-order valence-electron chi connectivity index (χ0n) is 11.5. The molecule has 4 nitrogen and oxygen atoms in total. The number of nitrogens with zero attached hydrogens (tertiary/aromatic N) is 1. The van der Waals surface area contributed by atoms with Gasteiger partial charge in [-0.05, 0) is 50.0 Å². The molecule has 2 heterocycles. The molecule has 1 aliphatic carbocycles. The van der Waals surface area contributed by atoms with Crippen LogP contribution in [0, 0.1) is 11.3 Å². The lowest BCUT2D eigenvalue weighted by atomic mass is 9.80. The topological polar surface area (TPSA) is 41.6 Å². The highest BCUT2D eigenvalue weighted by Crippen LogP contribution is 2.39. The van der Waals surface area contributed by atoms with Crippen molar-refractivity contribution in [3.63, 3.8) is 0 Å². The fourth-order valence-electron chi connectivity index (χ4n) is 3.18. The highest BCUT2D eigenvalue weighted by molar-refractivity contribution is 5.85. The van der Waals surface area contributed by atoms with Gasteiger partial charge in [0.25, 0.3) is 0 Å². The summed E-state index contributed by atoms with van der Waals surface area (Å²) in [5.74, 6) is 1.14. The van der Waals surface area contributed by atoms with Crippen LogP contribution in [0.25, 0.3) is 0 Å². The zero-order valence-corrected chi connectivity index (χ0v) is 12.3. The standard InChI is InChI=1S/C14H24N2O2.ClH/c17-13(10-15-9-12-1-2-12)16-6-3-14(11-16)4-7-18-8-5-14;/h12,15H,1-11H2;1H. The third-order valence-electron chi connectivity index (χ3n) is 4.75. The van der Waals surface area contributed by atoms with Crippen LogP contribution in [-0.4, -0.2) is 50.2 Å². The quantitative estimate of drug-likeness (QED) is 0.851. The average Bonchev–Trinajstić information content (AvgIpc) is 3.12. The van der Waals surface area contributed by atoms with Crippen LogP contribution in [0.3, 0.4) is 0 Å². The first-order valence-corrected chi connectivity index (χ1v) is 7.34. The summed E-state index contributed by atoms with van der Waals surface area (Å²) in [6, 6.07) is 0. The van der Waals surface area contributed by atoms with Crippen molar-refractivity contribution < 1.29 is 9.53 Å². The predicted octanol–water partition coefficient (Wildman–Crippen LogP) is 1.44. The van der Waals surface area contributed by atoms with Crippen molar-refractivity contribution in [3.8, 4) is 0 Å². The SMILES string of the molecule is Cl.O=C(CNCC1CC1)N1CCC2(CCOCC2)C1. The minimum atomic E-state index is 0. The van der Waals surface area contributed by atoms with E-state index >= 15 is 0 Å². The van der Waals surface area contributed by atoms with Gasteiger partial charge in [-0.3, -0.25) is 4.79 Å². The van der Waals surface area contributed by atoms with Crippen molar-refractivity contribution in [2.75, 3.05) is 39.4 Å². The van der Waals surface area contributed by atoms with Crippen molar-refractivity contribution in [1.82, 2.24) is 10.2 Å². The fraction of sp³-hybridized carbons (Fsp3) is 0.929. The van der Waals surface area contributed by atoms with E-state index in [1.807, 2.05) is 0 Å². The van der Waals surface area contributed by atoms with Crippen LogP contribution in [0.15, 0.2) is 0 Å². The number of ether oxygens (including phenoxy) is 1. The predicted molar refractivity (Wildman–Crippen MR) is 76.5 cm³/mol. The zero-order chi connectivity index (χ0) is 12.4. The van der Waals surface area contributed by atoms with E-state index in [9.17, 15) is 4.79 Å². The minimum absolute atomic E-state index is 0. The molecule has 1 N–H and O–H groups in total. The molecule has 0 atom stereocenters. The second-order valence-corrected chi connectivity index (χ2v) is 6.25. The molecular formula is C14H25ClN2O2. The van der Waals surface area contributed by atoms with Crippen molar-refractivity contribution in [3.05, 3.63) is 0 Å². The smallest absolute Gasteiger partial charge is 0.236 e. The van der Waals surface area contributed by atoms with Crippen molar-refractivity contribution >= 4 is 18.3 Å². The van der Waals surface area contributed by atoms with Gasteiger partial charge in [0.05, 0.1) is 6.54 Å². The minimum Gasteiger partial charge on any atom is -0.381 e. The largest absolute Gasteiger partial charge is 0.381 e. The molecule has 5 heteroatoms. The lowest BCUT2D eigenvalue weighted by molar-refractivity contribution is -0.129. The normalized spacial score (nSPS) is 25.4. The summed E-state index contributed by atoms with van der Waals surface area (Å²) in [7, 11) is 0. The molecule has 3 rings (SSSR count). The summed E-state index contributed by atoms with van der Waals surface area (Å²) in [5.41, 5.74) is 0.379. The Bertz CT molecular complexity index is 315. The van der Waals surface area contributed by atoms with Crippen LogP contribution >= 0.6 is 12.4 Å². The molecular weight excluding hydrogens is 264 g/mol. The number of rotatable bonds is 4. The fourth-order valence-corrected chi connectivity index (χ4v) is 3.18. The first kappa shape index (κ1) is 15.1. The van der Waals surface area contributed by atoms with Gasteiger partial charge in [0.2, 0.25) is 5.91 Å². The summed E-state index contributed by atoms with van der Waals surface area (Å²) in [6.45, 7) is 5.22. The highest BCUT2D eigenvalue weighted by atomic mass is 35.5. The molecule has 110 valence electrons. The summed E-state index contributed by atoms with van der Waals surface area (Å²) in [6.07, 6.45) is 6.12. The van der Waals surface area contributed by atoms with Crippen LogP contribution in [0.2, 0.25) is 0 Å². The molecule has 19 heavy (non-hydrogen) atoms. The van der Waals surface area contributed by atoms with Gasteiger partial charge < -0.3 is 15.0 Å². The van der Waals surface area contributed by atoms with Crippen LogP contribution in [0.5, 0.6) is 0 Å². The Morgan fingerprint density at radius 2 is 2.00 bits per heavy atom. The van der Waals surface area contributed by atoms with Crippen LogP contribution in [0.1, 0.15) is 32.1 Å². The number of hydrogen-bond donors (Lipinski definition) is 1. The van der Waals surface area contributed by atoms with Crippen LogP contribution in [-0.2, 0) is 9.53 Å². The summed E-state index contributed by atoms with van der Waals surface area (Å²) < 4.78 is 5.43. The van der Waals surface area contributed by atoms with Gasteiger partial charge in [-0.15, -0.1) is 12.4 Å². The van der Waals surface area contributed by atoms with E-state index in [1.165, 1.54) is 19.3 Å². The van der Waals surface area contributed by atoms with E-state index in [0.29, 0.717) is 17.9 Å². The molecule has 3 fully saturated rings. The van der Waals surface area contributed by atoms with Crippen LogP contribution in [0.4, 0.5) is 0 Å². The van der Waals surface area contributed by atoms with E-state index in [-0.39, 0.29) is 12.4 Å². The van der Waals surface area contributed by atoms with E-state index < -0.39 is 0 Å². The lowest BCUT2D eigenvalue weighted by Gasteiger charge is -2.33. The number of amides is 1. The molecule has 0 unspecified atom stereocenters. The Morgan fingerprint density at radius 3 is 2.68 bits per heavy atom. The third-order valence-corrected chi connectivity index (χ3v) is 4.75. The number of nitrogens with one attached hydrogen (secondary N) is 1. The molecule has 0 aromatic carbocycles.